The highest BCUT2D eigenvalue weighted by Gasteiger charge is 2.45. The average molecular weight is 805 g/mol. The van der Waals surface area contributed by atoms with Crippen LogP contribution in [0.3, 0.4) is 0 Å². The number of ether oxygens (including phenoxy) is 8. The molecule has 0 aromatic heterocycles. The van der Waals surface area contributed by atoms with Gasteiger partial charge in [-0.25, -0.2) is 38.4 Å². The maximum Gasteiger partial charge on any atom is 0.407 e. The van der Waals surface area contributed by atoms with Crippen molar-refractivity contribution in [1.82, 2.24) is 10.6 Å². The molecule has 0 heterocycles. The molecule has 2 amide bonds. The lowest BCUT2D eigenvalue weighted by Gasteiger charge is -2.46. The van der Waals surface area contributed by atoms with Gasteiger partial charge in [-0.3, -0.25) is 0 Å². The number of carbonyl (C=O) groups is 8. The lowest BCUT2D eigenvalue weighted by molar-refractivity contribution is -0.161. The van der Waals surface area contributed by atoms with Crippen LogP contribution in [0.25, 0.3) is 0 Å². The van der Waals surface area contributed by atoms with Gasteiger partial charge in [0.2, 0.25) is 0 Å². The van der Waals surface area contributed by atoms with Gasteiger partial charge < -0.3 is 48.5 Å². The molecule has 0 radical (unpaired) electrons. The number of carbonyl (C=O) groups excluding carboxylic acids is 8. The van der Waals surface area contributed by atoms with E-state index in [1.165, 1.54) is 0 Å². The first-order valence-electron chi connectivity index (χ1n) is 17.4. The van der Waals surface area contributed by atoms with Gasteiger partial charge in [0.05, 0.1) is 0 Å². The second-order valence-corrected chi connectivity index (χ2v) is 14.3. The van der Waals surface area contributed by atoms with Crippen molar-refractivity contribution in [3.63, 3.8) is 0 Å². The molecular weight excluding hydrogens is 752 g/mol. The van der Waals surface area contributed by atoms with Gasteiger partial charge in [-0.1, -0.05) is 53.3 Å². The second kappa shape index (κ2) is 23.0. The topological polar surface area (TPSA) is 234 Å². The third-order valence-electron chi connectivity index (χ3n) is 8.23. The molecule has 1 aliphatic rings. The average Bonchev–Trinajstić information content (AvgIpc) is 3.17. The van der Waals surface area contributed by atoms with Crippen LogP contribution in [0.5, 0.6) is 0 Å². The zero-order valence-corrected chi connectivity index (χ0v) is 32.6. The molecule has 1 fully saturated rings. The fourth-order valence-corrected chi connectivity index (χ4v) is 5.81. The quantitative estimate of drug-likeness (QED) is 0.0810. The Hall–Kier alpha value is -6.20. The van der Waals surface area contributed by atoms with E-state index in [1.807, 2.05) is 13.8 Å². The van der Waals surface area contributed by atoms with E-state index >= 15 is 0 Å². The Labute approximate surface area is 331 Å². The summed E-state index contributed by atoms with van der Waals surface area (Å²) in [5.41, 5.74) is -4.60. The summed E-state index contributed by atoms with van der Waals surface area (Å²) < 4.78 is 42.0. The standard InChI is InChI=1S/C39H52N2O16/c1-10-28(42)50-19-38(20-51-29(43)11-2,21-52-30(44)12-3)25-56-34(48)40-27-16-36(7,8)18-37(9,17-27)41-35(49)57-26-39(22-53-31(45)13-4,23-54-32(46)14-5)24-55-33(47)15-6/h10-15,27H,1-6,16-26H2,7-9H3,(H,40,48)(H,41,49). The number of amides is 2. The van der Waals surface area contributed by atoms with E-state index in [0.29, 0.717) is 12.8 Å². The molecule has 1 rings (SSSR count). The SMILES string of the molecule is C=CC(=O)OCC(COC(=O)C=C)(COC(=O)C=C)COC(=O)NC1CC(C)(C)CC(C)(NC(=O)OCC(COC(=O)C=C)(COC(=O)C=C)COC(=O)C=C)C1. The first kappa shape index (κ1) is 48.8. The van der Waals surface area contributed by atoms with E-state index in [-0.39, 0.29) is 6.42 Å². The van der Waals surface area contributed by atoms with Crippen LogP contribution in [-0.2, 0) is 66.7 Å². The van der Waals surface area contributed by atoms with Gasteiger partial charge in [-0.05, 0) is 31.6 Å². The third-order valence-corrected chi connectivity index (χ3v) is 8.23. The monoisotopic (exact) mass is 804 g/mol. The van der Waals surface area contributed by atoms with Crippen LogP contribution >= 0.6 is 0 Å². The van der Waals surface area contributed by atoms with Crippen molar-refractivity contribution in [2.24, 2.45) is 16.2 Å². The minimum absolute atomic E-state index is 0.173. The Morgan fingerprint density at radius 1 is 0.491 bits per heavy atom. The van der Waals surface area contributed by atoms with Crippen molar-refractivity contribution in [2.45, 2.75) is 51.6 Å². The van der Waals surface area contributed by atoms with Gasteiger partial charge in [-0.2, -0.15) is 0 Å². The minimum Gasteiger partial charge on any atom is -0.462 e. The van der Waals surface area contributed by atoms with Gasteiger partial charge in [0, 0.05) is 48.0 Å². The molecule has 18 nitrogen and oxygen atoms in total. The van der Waals surface area contributed by atoms with E-state index in [2.05, 4.69) is 50.1 Å². The van der Waals surface area contributed by atoms with Crippen LogP contribution in [0.2, 0.25) is 0 Å². The molecule has 2 atom stereocenters. The van der Waals surface area contributed by atoms with Crippen molar-refractivity contribution >= 4 is 48.0 Å². The number of nitrogens with one attached hydrogen (secondary N) is 2. The Balaban J connectivity index is 3.21. The molecule has 0 aliphatic heterocycles. The van der Waals surface area contributed by atoms with Crippen molar-refractivity contribution in [3.8, 4) is 0 Å². The molecule has 2 N–H and O–H groups in total. The summed E-state index contributed by atoms with van der Waals surface area (Å²) in [5, 5.41) is 5.58. The summed E-state index contributed by atoms with van der Waals surface area (Å²) in [6.45, 7) is 21.3. The highest BCUT2D eigenvalue weighted by atomic mass is 16.6. The maximum absolute atomic E-state index is 13.3. The van der Waals surface area contributed by atoms with Crippen LogP contribution in [0, 0.1) is 16.2 Å². The van der Waals surface area contributed by atoms with E-state index < -0.39 is 129 Å². The van der Waals surface area contributed by atoms with Gasteiger partial charge in [0.15, 0.2) is 0 Å². The van der Waals surface area contributed by atoms with E-state index in [9.17, 15) is 38.4 Å². The molecule has 314 valence electrons. The fourth-order valence-electron chi connectivity index (χ4n) is 5.81. The molecule has 1 saturated carbocycles. The molecular formula is C39H52N2O16. The smallest absolute Gasteiger partial charge is 0.407 e. The fraction of sp³-hybridized carbons (Fsp3) is 0.487. The first-order chi connectivity index (χ1) is 26.7. The summed E-state index contributed by atoms with van der Waals surface area (Å²) >= 11 is 0. The van der Waals surface area contributed by atoms with Gasteiger partial charge in [0.1, 0.15) is 63.7 Å². The van der Waals surface area contributed by atoms with Crippen molar-refractivity contribution in [3.05, 3.63) is 75.9 Å². The number of alkyl carbamates (subject to hydrolysis) is 2. The second-order valence-electron chi connectivity index (χ2n) is 14.3. The molecule has 0 aromatic rings. The number of hydrogen-bond acceptors (Lipinski definition) is 16. The molecule has 0 bridgehead atoms. The van der Waals surface area contributed by atoms with Crippen LogP contribution in [0.4, 0.5) is 9.59 Å². The van der Waals surface area contributed by atoms with Crippen LogP contribution in [-0.4, -0.2) is 112 Å². The van der Waals surface area contributed by atoms with Crippen molar-refractivity contribution < 1.29 is 76.3 Å². The summed E-state index contributed by atoms with van der Waals surface area (Å²) in [4.78, 5) is 98.2. The largest absolute Gasteiger partial charge is 0.462 e. The number of esters is 6. The van der Waals surface area contributed by atoms with Crippen LogP contribution in [0.15, 0.2) is 75.9 Å². The molecule has 1 aliphatic carbocycles. The molecule has 0 saturated heterocycles. The summed E-state index contributed by atoms with van der Waals surface area (Å²) in [7, 11) is 0. The number of rotatable bonds is 24. The molecule has 0 aromatic carbocycles. The van der Waals surface area contributed by atoms with Gasteiger partial charge >= 0.3 is 48.0 Å². The van der Waals surface area contributed by atoms with Crippen molar-refractivity contribution in [2.75, 3.05) is 52.9 Å². The normalized spacial score (nSPS) is 17.0. The van der Waals surface area contributed by atoms with Crippen molar-refractivity contribution in [1.29, 1.82) is 0 Å². The maximum atomic E-state index is 13.3. The highest BCUT2D eigenvalue weighted by Crippen LogP contribution is 2.41. The van der Waals surface area contributed by atoms with E-state index in [4.69, 9.17) is 37.9 Å². The Kier molecular flexibility index (Phi) is 19.7. The predicted molar refractivity (Wildman–Crippen MR) is 201 cm³/mol. The Bertz CT molecular complexity index is 1450. The van der Waals surface area contributed by atoms with Gasteiger partial charge in [-0.15, -0.1) is 0 Å². The lowest BCUT2D eigenvalue weighted by atomic mass is 9.67. The lowest BCUT2D eigenvalue weighted by Crippen LogP contribution is -2.58. The van der Waals surface area contributed by atoms with E-state index in [1.54, 1.807) is 6.92 Å². The number of hydrogen-bond donors (Lipinski definition) is 2. The van der Waals surface area contributed by atoms with E-state index in [0.717, 1.165) is 36.5 Å². The zero-order chi connectivity index (χ0) is 43.3. The van der Waals surface area contributed by atoms with Crippen LogP contribution in [0.1, 0.15) is 40.0 Å². The predicted octanol–water partition coefficient (Wildman–Crippen LogP) is 3.12. The Morgan fingerprint density at radius 3 is 1.07 bits per heavy atom. The summed E-state index contributed by atoms with van der Waals surface area (Å²) in [6, 6.07) is -0.592. The third kappa shape index (κ3) is 18.3. The zero-order valence-electron chi connectivity index (χ0n) is 32.6. The Morgan fingerprint density at radius 2 is 0.772 bits per heavy atom. The van der Waals surface area contributed by atoms with Crippen LogP contribution < -0.4 is 10.6 Å². The van der Waals surface area contributed by atoms with Gasteiger partial charge in [0.25, 0.3) is 0 Å². The highest BCUT2D eigenvalue weighted by molar-refractivity contribution is 5.83. The molecule has 57 heavy (non-hydrogen) atoms. The first-order valence-corrected chi connectivity index (χ1v) is 17.4. The molecule has 2 unspecified atom stereocenters. The minimum atomic E-state index is -1.57. The summed E-state index contributed by atoms with van der Waals surface area (Å²) in [5.74, 6) is -5.10. The molecule has 0 spiro atoms. The summed E-state index contributed by atoms with van der Waals surface area (Å²) in [6.07, 6.45) is 4.45. The molecule has 18 heteroatoms.